The number of pyridine rings is 1. The molecule has 3 atom stereocenters. The number of anilines is 2. The SMILES string of the molecule is C=CC(=O)N[C@H]1CCOC[C@H]1Nc1ncc2cc(-c3c(F)c(OC)cc(OC)c3F)nc(N3CCC(OC)C3)c2n1. The lowest BCUT2D eigenvalue weighted by atomic mass is 10.0. The van der Waals surface area contributed by atoms with Crippen LogP contribution in [0.4, 0.5) is 20.5 Å². The molecular weight excluding hydrogens is 538 g/mol. The Bertz CT molecular complexity index is 1430. The van der Waals surface area contributed by atoms with Crippen molar-refractivity contribution >= 4 is 28.6 Å². The predicted octanol–water partition coefficient (Wildman–Crippen LogP) is 3.08. The van der Waals surface area contributed by atoms with Crippen LogP contribution in [-0.2, 0) is 14.3 Å². The molecule has 2 N–H and O–H groups in total. The average molecular weight is 571 g/mol. The van der Waals surface area contributed by atoms with Gasteiger partial charge in [0.2, 0.25) is 11.9 Å². The number of benzene rings is 1. The Morgan fingerprint density at radius 1 is 1.12 bits per heavy atom. The number of nitrogens with one attached hydrogen (secondary N) is 2. The Kier molecular flexibility index (Phi) is 8.45. The molecule has 13 heteroatoms. The molecule has 1 unspecified atom stereocenters. The smallest absolute Gasteiger partial charge is 0.243 e. The van der Waals surface area contributed by atoms with Crippen molar-refractivity contribution in [2.45, 2.75) is 31.0 Å². The number of hydrogen-bond acceptors (Lipinski definition) is 10. The number of ether oxygens (including phenoxy) is 4. The maximum Gasteiger partial charge on any atom is 0.243 e. The quantitative estimate of drug-likeness (QED) is 0.372. The summed E-state index contributed by atoms with van der Waals surface area (Å²) >= 11 is 0. The fourth-order valence-corrected chi connectivity index (χ4v) is 5.12. The molecule has 1 amide bonds. The van der Waals surface area contributed by atoms with Gasteiger partial charge in [-0.2, -0.15) is 0 Å². The summed E-state index contributed by atoms with van der Waals surface area (Å²) in [4.78, 5) is 27.9. The van der Waals surface area contributed by atoms with Crippen molar-refractivity contribution in [1.82, 2.24) is 20.3 Å². The first-order valence-corrected chi connectivity index (χ1v) is 13.2. The number of hydrogen-bond donors (Lipinski definition) is 2. The Morgan fingerprint density at radius 2 is 1.88 bits per heavy atom. The van der Waals surface area contributed by atoms with Crippen LogP contribution in [0.15, 0.2) is 31.0 Å². The van der Waals surface area contributed by atoms with Crippen molar-refractivity contribution in [3.05, 3.63) is 42.6 Å². The molecule has 11 nitrogen and oxygen atoms in total. The van der Waals surface area contributed by atoms with Crippen molar-refractivity contribution in [3.63, 3.8) is 0 Å². The summed E-state index contributed by atoms with van der Waals surface area (Å²) in [5.74, 6) is -1.70. The first-order valence-electron chi connectivity index (χ1n) is 13.2. The third-order valence-electron chi connectivity index (χ3n) is 7.34. The van der Waals surface area contributed by atoms with Gasteiger partial charge in [0.05, 0.1) is 50.3 Å². The normalized spacial score (nSPS) is 20.6. The van der Waals surface area contributed by atoms with Gasteiger partial charge in [-0.1, -0.05) is 6.58 Å². The van der Waals surface area contributed by atoms with Gasteiger partial charge < -0.3 is 34.5 Å². The molecule has 0 aliphatic carbocycles. The fourth-order valence-electron chi connectivity index (χ4n) is 5.12. The van der Waals surface area contributed by atoms with Crippen molar-refractivity contribution in [3.8, 4) is 22.8 Å². The van der Waals surface area contributed by atoms with Crippen molar-refractivity contribution in [2.75, 3.05) is 57.8 Å². The van der Waals surface area contributed by atoms with Crippen LogP contribution in [0.25, 0.3) is 22.2 Å². The molecule has 218 valence electrons. The molecule has 2 aliphatic rings. The van der Waals surface area contributed by atoms with Gasteiger partial charge in [0, 0.05) is 44.5 Å². The molecule has 4 heterocycles. The summed E-state index contributed by atoms with van der Waals surface area (Å²) in [6.45, 7) is 5.49. The standard InChI is InChI=1S/C28H32F2N6O5/c1-5-22(37)32-17-7-9-41-14-19(17)34-28-31-12-15-10-18(23-24(29)20(39-3)11-21(40-4)25(23)30)33-27(26(15)35-28)36-8-6-16(13-36)38-2/h5,10-12,16-17,19H,1,6-9,13-14H2,2-4H3,(H,32,37)(H,31,34,35)/t16?,17-,19+/m0/s1. The Morgan fingerprint density at radius 3 is 2.54 bits per heavy atom. The first-order chi connectivity index (χ1) is 19.9. The zero-order valence-corrected chi connectivity index (χ0v) is 23.1. The van der Waals surface area contributed by atoms with E-state index in [0.29, 0.717) is 55.4 Å². The van der Waals surface area contributed by atoms with E-state index in [0.717, 1.165) is 12.5 Å². The number of carbonyl (C=O) groups excluding carboxylic acids is 1. The zero-order chi connectivity index (χ0) is 29.1. The minimum Gasteiger partial charge on any atom is -0.494 e. The lowest BCUT2D eigenvalue weighted by Gasteiger charge is -2.32. The van der Waals surface area contributed by atoms with E-state index in [-0.39, 0.29) is 46.9 Å². The maximum atomic E-state index is 15.5. The van der Waals surface area contributed by atoms with Crippen molar-refractivity contribution in [2.24, 2.45) is 0 Å². The molecule has 41 heavy (non-hydrogen) atoms. The first kappa shape index (κ1) is 28.4. The second-order valence-corrected chi connectivity index (χ2v) is 9.77. The minimum atomic E-state index is -0.899. The minimum absolute atomic E-state index is 0.0334. The van der Waals surface area contributed by atoms with E-state index in [1.807, 2.05) is 4.90 Å². The van der Waals surface area contributed by atoms with Crippen LogP contribution in [-0.4, -0.2) is 86.7 Å². The van der Waals surface area contributed by atoms with Gasteiger partial charge >= 0.3 is 0 Å². The van der Waals surface area contributed by atoms with Gasteiger partial charge in [-0.15, -0.1) is 0 Å². The third-order valence-corrected chi connectivity index (χ3v) is 7.34. The predicted molar refractivity (Wildman–Crippen MR) is 148 cm³/mol. The van der Waals surface area contributed by atoms with Gasteiger partial charge in [-0.05, 0) is 25.0 Å². The van der Waals surface area contributed by atoms with Crippen LogP contribution in [0.5, 0.6) is 11.5 Å². The molecular formula is C28H32F2N6O5. The van der Waals surface area contributed by atoms with Crippen molar-refractivity contribution < 1.29 is 32.5 Å². The molecule has 1 aromatic carbocycles. The van der Waals surface area contributed by atoms with E-state index in [2.05, 4.69) is 22.2 Å². The summed E-state index contributed by atoms with van der Waals surface area (Å²) in [5.41, 5.74) is 0.147. The molecule has 5 rings (SSSR count). The summed E-state index contributed by atoms with van der Waals surface area (Å²) in [5, 5.41) is 6.70. The van der Waals surface area contributed by atoms with Crippen LogP contribution in [0, 0.1) is 11.6 Å². The largest absolute Gasteiger partial charge is 0.494 e. The highest BCUT2D eigenvalue weighted by atomic mass is 19.1. The molecule has 0 bridgehead atoms. The number of halogens is 2. The second-order valence-electron chi connectivity index (χ2n) is 9.77. The number of methoxy groups -OCH3 is 3. The average Bonchev–Trinajstić information content (AvgIpc) is 3.47. The molecule has 0 spiro atoms. The number of aromatic nitrogens is 3. The molecule has 3 aromatic rings. The Balaban J connectivity index is 1.59. The van der Waals surface area contributed by atoms with E-state index >= 15 is 8.78 Å². The zero-order valence-electron chi connectivity index (χ0n) is 23.1. The molecule has 0 saturated carbocycles. The maximum absolute atomic E-state index is 15.5. The van der Waals surface area contributed by atoms with Gasteiger partial charge in [0.1, 0.15) is 5.52 Å². The van der Waals surface area contributed by atoms with Crippen LogP contribution >= 0.6 is 0 Å². The summed E-state index contributed by atoms with van der Waals surface area (Å²) in [6, 6.07) is 2.17. The Labute approximate surface area is 235 Å². The Hall–Kier alpha value is -4.10. The van der Waals surface area contributed by atoms with Crippen LogP contribution in [0.3, 0.4) is 0 Å². The molecule has 0 radical (unpaired) electrons. The number of nitrogens with zero attached hydrogens (tertiary/aromatic N) is 4. The number of rotatable bonds is 9. The van der Waals surface area contributed by atoms with E-state index in [9.17, 15) is 4.79 Å². The van der Waals surface area contributed by atoms with Crippen molar-refractivity contribution in [1.29, 1.82) is 0 Å². The second kappa shape index (κ2) is 12.2. The highest BCUT2D eigenvalue weighted by Crippen LogP contribution is 2.39. The van der Waals surface area contributed by atoms with Crippen LogP contribution < -0.4 is 25.0 Å². The molecule has 2 aromatic heterocycles. The van der Waals surface area contributed by atoms with E-state index < -0.39 is 11.6 Å². The van der Waals surface area contributed by atoms with Gasteiger partial charge in [0.15, 0.2) is 29.0 Å². The molecule has 2 fully saturated rings. The van der Waals surface area contributed by atoms with Gasteiger partial charge in [-0.3, -0.25) is 4.79 Å². The topological polar surface area (TPSA) is 120 Å². The number of amides is 1. The van der Waals surface area contributed by atoms with Crippen LogP contribution in [0.2, 0.25) is 0 Å². The van der Waals surface area contributed by atoms with E-state index in [1.165, 1.54) is 26.4 Å². The summed E-state index contributed by atoms with van der Waals surface area (Å²) in [7, 11) is 4.23. The number of carbonyl (C=O) groups is 1. The van der Waals surface area contributed by atoms with Gasteiger partial charge in [0.25, 0.3) is 0 Å². The summed E-state index contributed by atoms with van der Waals surface area (Å²) < 4.78 is 52.3. The fraction of sp³-hybridized carbons (Fsp3) is 0.429. The van der Waals surface area contributed by atoms with E-state index in [1.54, 1.807) is 13.3 Å². The van der Waals surface area contributed by atoms with Crippen LogP contribution in [0.1, 0.15) is 12.8 Å². The highest BCUT2D eigenvalue weighted by molar-refractivity contribution is 5.92. The van der Waals surface area contributed by atoms with Gasteiger partial charge in [-0.25, -0.2) is 23.7 Å². The molecule has 2 aliphatic heterocycles. The highest BCUT2D eigenvalue weighted by Gasteiger charge is 2.30. The lowest BCUT2D eigenvalue weighted by Crippen LogP contribution is -2.52. The summed E-state index contributed by atoms with van der Waals surface area (Å²) in [6.07, 6.45) is 4.11. The monoisotopic (exact) mass is 570 g/mol. The third kappa shape index (κ3) is 5.72. The lowest BCUT2D eigenvalue weighted by molar-refractivity contribution is -0.117. The molecule has 2 saturated heterocycles. The van der Waals surface area contributed by atoms with E-state index in [4.69, 9.17) is 28.9 Å². The number of fused-ring (bicyclic) bond motifs is 1.